The second-order valence-electron chi connectivity index (χ2n) is 15.2. The molecule has 1 saturated carbocycles. The molecule has 1 saturated heterocycles. The Labute approximate surface area is 275 Å². The Kier molecular flexibility index (Phi) is 7.38. The first-order valence-corrected chi connectivity index (χ1v) is 16.2. The zero-order chi connectivity index (χ0) is 34.5. The molecular weight excluding hydrogens is 600 g/mol. The molecule has 1 spiro atoms. The molecule has 1 aromatic carbocycles. The fraction of sp³-hybridized carbons (Fsp3) is 0.500. The number of carboxylic acid groups (broad SMARTS) is 1. The molecule has 4 bridgehead atoms. The number of benzene rings is 1. The summed E-state index contributed by atoms with van der Waals surface area (Å²) in [4.78, 5) is 40.8. The number of rotatable bonds is 8. The number of aliphatic hydroxyl groups is 1. The first kappa shape index (κ1) is 33.0. The van der Waals surface area contributed by atoms with Crippen molar-refractivity contribution in [1.29, 1.82) is 0 Å². The predicted molar refractivity (Wildman–Crippen MR) is 176 cm³/mol. The van der Waals surface area contributed by atoms with Gasteiger partial charge in [0.15, 0.2) is 22.8 Å². The second kappa shape index (κ2) is 10.5. The highest BCUT2D eigenvalue weighted by molar-refractivity contribution is 6.19. The molecule has 250 valence electrons. The summed E-state index contributed by atoms with van der Waals surface area (Å²) in [5.41, 5.74) is -3.67. The molecule has 0 amide bonds. The topological polar surface area (TPSA) is 140 Å². The molecule has 5 atom stereocenters. The van der Waals surface area contributed by atoms with E-state index in [2.05, 4.69) is 0 Å². The minimum Gasteiger partial charge on any atom is -0.506 e. The summed E-state index contributed by atoms with van der Waals surface area (Å²) in [6, 6.07) is 0. The third-order valence-corrected chi connectivity index (χ3v) is 10.3. The predicted octanol–water partition coefficient (Wildman–Crippen LogP) is 6.21. The third kappa shape index (κ3) is 4.84. The van der Waals surface area contributed by atoms with Crippen LogP contribution in [-0.2, 0) is 20.7 Å². The van der Waals surface area contributed by atoms with Crippen LogP contribution in [0.25, 0.3) is 6.08 Å². The van der Waals surface area contributed by atoms with E-state index in [0.717, 1.165) is 5.57 Å². The molecule has 3 N–H and O–H groups in total. The van der Waals surface area contributed by atoms with E-state index < -0.39 is 51.6 Å². The molecule has 47 heavy (non-hydrogen) atoms. The lowest BCUT2D eigenvalue weighted by molar-refractivity contribution is -0.171. The number of carbonyl (C=O) groups excluding carboxylic acids is 2. The summed E-state index contributed by atoms with van der Waals surface area (Å²) in [7, 11) is 0. The Balaban J connectivity index is 1.58. The number of ether oxygens (including phenoxy) is 3. The molecule has 1 aromatic rings. The van der Waals surface area contributed by atoms with Gasteiger partial charge in [-0.15, -0.1) is 0 Å². The Morgan fingerprint density at radius 1 is 1.06 bits per heavy atom. The molecule has 3 aliphatic carbocycles. The molecule has 3 aliphatic heterocycles. The number of phenols is 1. The molecule has 6 aliphatic rings. The van der Waals surface area contributed by atoms with Crippen molar-refractivity contribution < 1.29 is 43.9 Å². The number of hydrogen-bond acceptors (Lipinski definition) is 8. The zero-order valence-corrected chi connectivity index (χ0v) is 28.3. The van der Waals surface area contributed by atoms with E-state index in [4.69, 9.17) is 14.2 Å². The molecule has 3 heterocycles. The van der Waals surface area contributed by atoms with Crippen LogP contribution < -0.4 is 9.47 Å². The van der Waals surface area contributed by atoms with Crippen LogP contribution >= 0.6 is 0 Å². The number of ketones is 2. The Morgan fingerprint density at radius 2 is 1.77 bits per heavy atom. The Hall–Kier alpha value is -3.95. The summed E-state index contributed by atoms with van der Waals surface area (Å²) < 4.78 is 20.5. The number of phenolic OH excluding ortho intramolecular Hbond substituents is 1. The number of allylic oxidation sites excluding steroid dienone is 3. The molecule has 7 rings (SSSR count). The van der Waals surface area contributed by atoms with Crippen LogP contribution in [0.15, 0.2) is 53.2 Å². The lowest BCUT2D eigenvalue weighted by atomic mass is 9.51. The maximum absolute atomic E-state index is 14.7. The van der Waals surface area contributed by atoms with Crippen LogP contribution in [0.3, 0.4) is 0 Å². The quantitative estimate of drug-likeness (QED) is 0.223. The van der Waals surface area contributed by atoms with E-state index in [1.807, 2.05) is 52.8 Å². The van der Waals surface area contributed by atoms with Crippen LogP contribution in [0.4, 0.5) is 0 Å². The van der Waals surface area contributed by atoms with Gasteiger partial charge in [0.2, 0.25) is 0 Å². The molecule has 2 fully saturated rings. The number of carbonyl (C=O) groups is 3. The number of aliphatic carboxylic acids is 1. The maximum atomic E-state index is 14.7. The van der Waals surface area contributed by atoms with Crippen molar-refractivity contribution in [3.8, 4) is 17.2 Å². The second-order valence-corrected chi connectivity index (χ2v) is 15.2. The summed E-state index contributed by atoms with van der Waals surface area (Å²) in [5.74, 6) is -2.58. The fourth-order valence-electron chi connectivity index (χ4n) is 8.08. The Bertz CT molecular complexity index is 1760. The molecule has 9 heteroatoms. The summed E-state index contributed by atoms with van der Waals surface area (Å²) in [6.45, 7) is 14.4. The van der Waals surface area contributed by atoms with Crippen LogP contribution in [0.5, 0.6) is 17.2 Å². The normalized spacial score (nSPS) is 31.5. The van der Waals surface area contributed by atoms with Crippen molar-refractivity contribution in [3.05, 3.63) is 69.9 Å². The first-order valence-electron chi connectivity index (χ1n) is 16.2. The minimum absolute atomic E-state index is 0.0150. The maximum Gasteiger partial charge on any atom is 0.330 e. The molecule has 9 nitrogen and oxygen atoms in total. The largest absolute Gasteiger partial charge is 0.506 e. The van der Waals surface area contributed by atoms with E-state index >= 15 is 0 Å². The number of Topliss-reactive ketones (excluding diaryl/α,β-unsaturated/α-hetero) is 2. The van der Waals surface area contributed by atoms with Gasteiger partial charge in [-0.2, -0.15) is 0 Å². The highest BCUT2D eigenvalue weighted by Crippen LogP contribution is 2.68. The smallest absolute Gasteiger partial charge is 0.330 e. The summed E-state index contributed by atoms with van der Waals surface area (Å²) in [6.07, 6.45) is 13.3. The van der Waals surface area contributed by atoms with Gasteiger partial charge < -0.3 is 29.5 Å². The van der Waals surface area contributed by atoms with Gasteiger partial charge in [0.25, 0.3) is 0 Å². The third-order valence-electron chi connectivity index (χ3n) is 10.3. The van der Waals surface area contributed by atoms with Gasteiger partial charge in [0.05, 0.1) is 16.8 Å². The van der Waals surface area contributed by atoms with E-state index in [9.17, 15) is 29.7 Å². The van der Waals surface area contributed by atoms with E-state index in [1.54, 1.807) is 32.1 Å². The van der Waals surface area contributed by atoms with Crippen LogP contribution in [0.2, 0.25) is 0 Å². The molecule has 0 radical (unpaired) electrons. The average molecular weight is 645 g/mol. The van der Waals surface area contributed by atoms with Crippen LogP contribution in [0, 0.1) is 11.8 Å². The molecular formula is C38H44O9. The Morgan fingerprint density at radius 3 is 2.40 bits per heavy atom. The van der Waals surface area contributed by atoms with Crippen molar-refractivity contribution in [2.45, 2.75) is 109 Å². The van der Waals surface area contributed by atoms with Crippen molar-refractivity contribution in [2.75, 3.05) is 0 Å². The van der Waals surface area contributed by atoms with Gasteiger partial charge in [-0.1, -0.05) is 36.0 Å². The SMILES string of the molecule is CC(C)=CCc1c2c(c(O)c3c1O[C@]14C(=C[C@@H]5CC1C(C)(C)OC4(C/C=C(\C)C(=O)O)C5=O)C3=O)C=CC(C)(C/C=C\C(C)(C)O)O2. The standard InChI is InChI=1S/C38H44O9/c1-20(2)10-11-24-30-23(13-16-36(8,45-30)15-9-14-34(4,5)44)28(39)27-29(40)25-18-22-19-26-35(6,7)47-37(32(22)41,17-12-21(3)33(42)43)38(25,26)46-31(24)27/h9-10,12-14,16,18,22,26,39,44H,11,15,17,19H2,1-8H3,(H,42,43)/b14-9-,21-12+/t22-,26?,36?,37?,38-/m1/s1. The van der Waals surface area contributed by atoms with E-state index in [-0.39, 0.29) is 40.4 Å². The first-order chi connectivity index (χ1) is 21.8. The van der Waals surface area contributed by atoms with Gasteiger partial charge in [-0.3, -0.25) is 9.59 Å². The van der Waals surface area contributed by atoms with Crippen molar-refractivity contribution >= 4 is 23.6 Å². The zero-order valence-electron chi connectivity index (χ0n) is 28.3. The van der Waals surface area contributed by atoms with E-state index in [1.165, 1.54) is 13.0 Å². The number of hydrogen-bond donors (Lipinski definition) is 3. The number of carboxylic acids is 1. The monoisotopic (exact) mass is 644 g/mol. The highest BCUT2D eigenvalue weighted by Gasteiger charge is 2.81. The lowest BCUT2D eigenvalue weighted by Crippen LogP contribution is -2.72. The van der Waals surface area contributed by atoms with Crippen molar-refractivity contribution in [1.82, 2.24) is 0 Å². The van der Waals surface area contributed by atoms with Gasteiger partial charge in [-0.05, 0) is 80.4 Å². The summed E-state index contributed by atoms with van der Waals surface area (Å²) in [5, 5.41) is 31.6. The van der Waals surface area contributed by atoms with Crippen molar-refractivity contribution in [3.63, 3.8) is 0 Å². The molecule has 0 aromatic heterocycles. The molecule has 3 unspecified atom stereocenters. The highest BCUT2D eigenvalue weighted by atomic mass is 16.6. The van der Waals surface area contributed by atoms with E-state index in [0.29, 0.717) is 36.1 Å². The van der Waals surface area contributed by atoms with Crippen molar-refractivity contribution in [2.24, 2.45) is 11.8 Å². The number of fused-ring (bicyclic) bond motifs is 2. The van der Waals surface area contributed by atoms with Gasteiger partial charge in [0.1, 0.15) is 28.4 Å². The number of aromatic hydroxyl groups is 1. The van der Waals surface area contributed by atoms with Crippen LogP contribution in [0.1, 0.15) is 96.1 Å². The van der Waals surface area contributed by atoms with Gasteiger partial charge >= 0.3 is 5.97 Å². The minimum atomic E-state index is -1.66. The van der Waals surface area contributed by atoms with Crippen LogP contribution in [-0.4, -0.2) is 60.9 Å². The fourth-order valence-corrected chi connectivity index (χ4v) is 8.08. The van der Waals surface area contributed by atoms with Gasteiger partial charge in [0, 0.05) is 41.4 Å². The summed E-state index contributed by atoms with van der Waals surface area (Å²) >= 11 is 0. The lowest BCUT2D eigenvalue weighted by Gasteiger charge is -2.56. The van der Waals surface area contributed by atoms with Gasteiger partial charge in [-0.25, -0.2) is 4.79 Å². The average Bonchev–Trinajstić information content (AvgIpc) is 3.11.